The fraction of sp³-hybridized carbons (Fsp3) is 0.562. The zero-order valence-corrected chi connectivity index (χ0v) is 12.6. The number of likely N-dealkylation sites (tertiary alicyclic amines) is 1. The Labute approximate surface area is 128 Å². The Morgan fingerprint density at radius 2 is 1.95 bits per heavy atom. The van der Waals surface area contributed by atoms with E-state index in [0.29, 0.717) is 18.7 Å². The lowest BCUT2D eigenvalue weighted by molar-refractivity contribution is -0.133. The number of nitrogens with zero attached hydrogens (tertiary/aromatic N) is 2. The van der Waals surface area contributed by atoms with E-state index in [9.17, 15) is 13.6 Å². The molecule has 1 aromatic rings. The summed E-state index contributed by atoms with van der Waals surface area (Å²) < 4.78 is 32.2. The molecule has 0 N–H and O–H groups in total. The smallest absolute Gasteiger partial charge is 0.248 e. The van der Waals surface area contributed by atoms with Gasteiger partial charge < -0.3 is 9.64 Å². The van der Waals surface area contributed by atoms with Crippen molar-refractivity contribution in [1.82, 2.24) is 9.80 Å². The summed E-state index contributed by atoms with van der Waals surface area (Å²) in [4.78, 5) is 15.6. The fourth-order valence-electron chi connectivity index (χ4n) is 3.33. The SMILES string of the molecule is CN1C[C@H]2CN(Cc3cc(F)cc(F)c3)CC[C@@H]2OCC1=O. The summed E-state index contributed by atoms with van der Waals surface area (Å²) in [5.41, 5.74) is 0.634. The van der Waals surface area contributed by atoms with Gasteiger partial charge in [-0.25, -0.2) is 8.78 Å². The van der Waals surface area contributed by atoms with Gasteiger partial charge in [0.25, 0.3) is 0 Å². The Bertz CT molecular complexity index is 547. The molecular weight excluding hydrogens is 290 g/mol. The molecule has 3 rings (SSSR count). The molecule has 0 saturated carbocycles. The first-order valence-corrected chi connectivity index (χ1v) is 7.54. The highest BCUT2D eigenvalue weighted by Gasteiger charge is 2.34. The van der Waals surface area contributed by atoms with E-state index in [1.807, 2.05) is 0 Å². The van der Waals surface area contributed by atoms with Crippen molar-refractivity contribution < 1.29 is 18.3 Å². The van der Waals surface area contributed by atoms with Crippen molar-refractivity contribution in [3.8, 4) is 0 Å². The molecule has 2 aliphatic heterocycles. The summed E-state index contributed by atoms with van der Waals surface area (Å²) in [6.45, 7) is 2.89. The summed E-state index contributed by atoms with van der Waals surface area (Å²) >= 11 is 0. The van der Waals surface area contributed by atoms with Gasteiger partial charge in [-0.3, -0.25) is 9.69 Å². The third-order valence-electron chi connectivity index (χ3n) is 4.43. The number of halogens is 2. The molecule has 2 aliphatic rings. The third-order valence-corrected chi connectivity index (χ3v) is 4.43. The highest BCUT2D eigenvalue weighted by molar-refractivity contribution is 5.77. The van der Waals surface area contributed by atoms with Gasteiger partial charge in [-0.2, -0.15) is 0 Å². The summed E-state index contributed by atoms with van der Waals surface area (Å²) in [7, 11) is 1.79. The molecule has 0 bridgehead atoms. The quantitative estimate of drug-likeness (QED) is 0.832. The number of hydrogen-bond donors (Lipinski definition) is 0. The Kier molecular flexibility index (Phi) is 4.40. The number of ether oxygens (including phenoxy) is 1. The van der Waals surface area contributed by atoms with E-state index in [0.717, 1.165) is 25.6 Å². The molecule has 6 heteroatoms. The van der Waals surface area contributed by atoms with Crippen LogP contribution in [-0.2, 0) is 16.1 Å². The molecule has 0 spiro atoms. The number of fused-ring (bicyclic) bond motifs is 1. The molecule has 2 atom stereocenters. The summed E-state index contributed by atoms with van der Waals surface area (Å²) in [6.07, 6.45) is 0.929. The van der Waals surface area contributed by atoms with E-state index in [2.05, 4.69) is 4.90 Å². The van der Waals surface area contributed by atoms with Gasteiger partial charge in [-0.05, 0) is 24.1 Å². The average molecular weight is 310 g/mol. The van der Waals surface area contributed by atoms with Gasteiger partial charge in [0.15, 0.2) is 0 Å². The highest BCUT2D eigenvalue weighted by atomic mass is 19.1. The number of amides is 1. The minimum atomic E-state index is -0.548. The maximum Gasteiger partial charge on any atom is 0.248 e. The highest BCUT2D eigenvalue weighted by Crippen LogP contribution is 2.25. The van der Waals surface area contributed by atoms with E-state index in [1.54, 1.807) is 11.9 Å². The minimum Gasteiger partial charge on any atom is -0.368 e. The second-order valence-electron chi connectivity index (χ2n) is 6.19. The van der Waals surface area contributed by atoms with Crippen LogP contribution in [0.2, 0.25) is 0 Å². The van der Waals surface area contributed by atoms with Crippen LogP contribution in [0.15, 0.2) is 18.2 Å². The number of piperidine rings is 1. The topological polar surface area (TPSA) is 32.8 Å². The summed E-state index contributed by atoms with van der Waals surface area (Å²) in [5, 5.41) is 0. The van der Waals surface area contributed by atoms with E-state index in [-0.39, 0.29) is 24.5 Å². The number of carbonyl (C=O) groups excluding carboxylic acids is 1. The normalized spacial score (nSPS) is 26.7. The largest absolute Gasteiger partial charge is 0.368 e. The molecular formula is C16H20F2N2O2. The van der Waals surface area contributed by atoms with Crippen LogP contribution in [-0.4, -0.2) is 55.1 Å². The van der Waals surface area contributed by atoms with Crippen LogP contribution in [0.1, 0.15) is 12.0 Å². The van der Waals surface area contributed by atoms with E-state index >= 15 is 0 Å². The number of benzene rings is 1. The number of carbonyl (C=O) groups is 1. The monoisotopic (exact) mass is 310 g/mol. The van der Waals surface area contributed by atoms with Gasteiger partial charge in [0.2, 0.25) is 5.91 Å². The Morgan fingerprint density at radius 1 is 1.23 bits per heavy atom. The molecule has 1 amide bonds. The molecule has 0 aromatic heterocycles. The van der Waals surface area contributed by atoms with Crippen molar-refractivity contribution in [3.05, 3.63) is 35.4 Å². The van der Waals surface area contributed by atoms with Gasteiger partial charge in [0.1, 0.15) is 18.2 Å². The van der Waals surface area contributed by atoms with Crippen LogP contribution >= 0.6 is 0 Å². The first-order chi connectivity index (χ1) is 10.5. The average Bonchev–Trinajstić information content (AvgIpc) is 2.57. The summed E-state index contributed by atoms with van der Waals surface area (Å²) in [5.74, 6) is -0.849. The van der Waals surface area contributed by atoms with Crippen LogP contribution in [0.25, 0.3) is 0 Å². The van der Waals surface area contributed by atoms with Crippen molar-refractivity contribution in [2.45, 2.75) is 19.1 Å². The first kappa shape index (κ1) is 15.4. The van der Waals surface area contributed by atoms with Gasteiger partial charge in [-0.15, -0.1) is 0 Å². The number of likely N-dealkylation sites (N-methyl/N-ethyl adjacent to an activating group) is 1. The van der Waals surface area contributed by atoms with Crippen molar-refractivity contribution in [2.75, 3.05) is 33.3 Å². The fourth-order valence-corrected chi connectivity index (χ4v) is 3.33. The molecule has 0 aliphatic carbocycles. The van der Waals surface area contributed by atoms with Crippen LogP contribution < -0.4 is 0 Å². The van der Waals surface area contributed by atoms with Crippen LogP contribution in [0.3, 0.4) is 0 Å². The number of rotatable bonds is 2. The predicted molar refractivity (Wildman–Crippen MR) is 77.1 cm³/mol. The van der Waals surface area contributed by atoms with Crippen molar-refractivity contribution in [3.63, 3.8) is 0 Å². The van der Waals surface area contributed by atoms with Crippen molar-refractivity contribution in [2.24, 2.45) is 5.92 Å². The second-order valence-corrected chi connectivity index (χ2v) is 6.19. The predicted octanol–water partition coefficient (Wildman–Crippen LogP) is 1.64. The molecule has 120 valence electrons. The number of hydrogen-bond acceptors (Lipinski definition) is 3. The molecule has 2 heterocycles. The lowest BCUT2D eigenvalue weighted by atomic mass is 9.94. The Balaban J connectivity index is 1.66. The molecule has 1 aromatic carbocycles. The van der Waals surface area contributed by atoms with Crippen molar-refractivity contribution >= 4 is 5.91 Å². The standard InChI is InChI=1S/C16H20F2N2O2/c1-19-8-12-9-20(3-2-15(12)22-10-16(19)21)7-11-4-13(17)6-14(18)5-11/h4-6,12,15H,2-3,7-10H2,1H3/t12-,15-/m0/s1. The van der Waals surface area contributed by atoms with E-state index in [1.165, 1.54) is 12.1 Å². The van der Waals surface area contributed by atoms with Gasteiger partial charge in [0, 0.05) is 45.2 Å². The lowest BCUT2D eigenvalue weighted by Gasteiger charge is -2.37. The molecule has 0 unspecified atom stereocenters. The molecule has 2 saturated heterocycles. The van der Waals surface area contributed by atoms with Crippen LogP contribution in [0.5, 0.6) is 0 Å². The first-order valence-electron chi connectivity index (χ1n) is 7.54. The zero-order valence-electron chi connectivity index (χ0n) is 12.6. The maximum atomic E-state index is 13.3. The van der Waals surface area contributed by atoms with Crippen molar-refractivity contribution in [1.29, 1.82) is 0 Å². The molecule has 0 radical (unpaired) electrons. The molecule has 22 heavy (non-hydrogen) atoms. The van der Waals surface area contributed by atoms with E-state index in [4.69, 9.17) is 4.74 Å². The van der Waals surface area contributed by atoms with Gasteiger partial charge in [-0.1, -0.05) is 0 Å². The van der Waals surface area contributed by atoms with E-state index < -0.39 is 11.6 Å². The second kappa shape index (κ2) is 6.30. The molecule has 4 nitrogen and oxygen atoms in total. The molecule has 2 fully saturated rings. The third kappa shape index (κ3) is 3.44. The maximum absolute atomic E-state index is 13.3. The Morgan fingerprint density at radius 3 is 2.68 bits per heavy atom. The van der Waals surface area contributed by atoms with Gasteiger partial charge >= 0.3 is 0 Å². The summed E-state index contributed by atoms with van der Waals surface area (Å²) in [6, 6.07) is 3.62. The van der Waals surface area contributed by atoms with Crippen LogP contribution in [0, 0.1) is 17.6 Å². The van der Waals surface area contributed by atoms with Crippen LogP contribution in [0.4, 0.5) is 8.78 Å². The van der Waals surface area contributed by atoms with Gasteiger partial charge in [0.05, 0.1) is 6.10 Å². The Hall–Kier alpha value is -1.53. The minimum absolute atomic E-state index is 0.00755. The zero-order chi connectivity index (χ0) is 15.7. The lowest BCUT2D eigenvalue weighted by Crippen LogP contribution is -2.46.